The smallest absolute Gasteiger partial charge is 0.213 e. The van der Waals surface area contributed by atoms with Crippen molar-refractivity contribution in [1.82, 2.24) is 4.90 Å². The van der Waals surface area contributed by atoms with Crippen molar-refractivity contribution >= 4 is 16.4 Å². The van der Waals surface area contributed by atoms with Crippen molar-refractivity contribution in [2.75, 3.05) is 13.6 Å². The van der Waals surface area contributed by atoms with E-state index in [1.165, 1.54) is 0 Å². The monoisotopic (exact) mass is 223 g/mol. The second-order valence-electron chi connectivity index (χ2n) is 3.27. The zero-order valence-electron chi connectivity index (χ0n) is 8.38. The molecule has 84 valence electrons. The molecule has 0 aromatic rings. The predicted molar refractivity (Wildman–Crippen MR) is 53.9 cm³/mol. The number of carbonyl (C=O) groups is 1. The molecule has 1 amide bonds. The number of rotatable bonds is 1. The van der Waals surface area contributed by atoms with E-state index in [1.807, 2.05) is 18.9 Å². The number of amides is 1. The first-order valence-electron chi connectivity index (χ1n) is 4.21. The van der Waals surface area contributed by atoms with E-state index in [1.54, 1.807) is 0 Å². The lowest BCUT2D eigenvalue weighted by Crippen LogP contribution is -2.37. The Morgan fingerprint density at radius 2 is 1.93 bits per heavy atom. The van der Waals surface area contributed by atoms with Gasteiger partial charge in [-0.2, -0.15) is 0 Å². The zero-order valence-corrected chi connectivity index (χ0v) is 9.20. The van der Waals surface area contributed by atoms with Crippen LogP contribution in [-0.2, 0) is 14.8 Å². The van der Waals surface area contributed by atoms with Gasteiger partial charge in [-0.25, -0.2) is 13.6 Å². The van der Waals surface area contributed by atoms with E-state index in [-0.39, 0.29) is 17.7 Å². The molecule has 14 heavy (non-hydrogen) atoms. The van der Waals surface area contributed by atoms with Crippen LogP contribution in [0, 0.1) is 0 Å². The van der Waals surface area contributed by atoms with Gasteiger partial charge in [0.15, 0.2) is 0 Å². The average molecular weight is 223 g/mol. The van der Waals surface area contributed by atoms with Gasteiger partial charge in [-0.05, 0) is 26.9 Å². The van der Waals surface area contributed by atoms with Crippen molar-refractivity contribution in [1.29, 1.82) is 0 Å². The minimum atomic E-state index is -3.33. The van der Waals surface area contributed by atoms with E-state index in [0.717, 1.165) is 6.54 Å². The van der Waals surface area contributed by atoms with Gasteiger partial charge in [-0.15, -0.1) is 0 Å². The highest BCUT2D eigenvalue weighted by molar-refractivity contribution is 7.89. The van der Waals surface area contributed by atoms with Crippen molar-refractivity contribution in [3.63, 3.8) is 0 Å². The molecule has 0 radical (unpaired) electrons. The van der Waals surface area contributed by atoms with Gasteiger partial charge in [0.05, 0.1) is 5.25 Å². The number of nitrogens with zero attached hydrogens (tertiary/aromatic N) is 1. The fourth-order valence-electron chi connectivity index (χ4n) is 1.50. The maximum atomic E-state index is 10.9. The van der Waals surface area contributed by atoms with Crippen LogP contribution in [-0.4, -0.2) is 44.6 Å². The topological polar surface area (TPSA) is 106 Å². The molecule has 0 aliphatic carbocycles. The Morgan fingerprint density at radius 3 is 2.07 bits per heavy atom. The van der Waals surface area contributed by atoms with E-state index < -0.39 is 10.0 Å². The Hall–Kier alpha value is -0.660. The number of primary amides is 1. The molecule has 2 unspecified atom stereocenters. The molecule has 6 nitrogen and oxygen atoms in total. The summed E-state index contributed by atoms with van der Waals surface area (Å²) >= 11 is 0. The highest BCUT2D eigenvalue weighted by Crippen LogP contribution is 2.20. The molecule has 1 fully saturated rings. The minimum Gasteiger partial charge on any atom is -0.372 e. The molecule has 0 spiro atoms. The highest BCUT2D eigenvalue weighted by Gasteiger charge is 2.35. The summed E-state index contributed by atoms with van der Waals surface area (Å²) in [6, 6.07) is 0.0602. The van der Waals surface area contributed by atoms with Crippen LogP contribution in [0.1, 0.15) is 13.3 Å². The number of nitrogens with two attached hydrogens (primary N) is 2. The van der Waals surface area contributed by atoms with Gasteiger partial charge in [0.2, 0.25) is 16.4 Å². The summed E-state index contributed by atoms with van der Waals surface area (Å²) in [4.78, 5) is 10.6. The van der Waals surface area contributed by atoms with E-state index >= 15 is 0 Å². The quantitative estimate of drug-likeness (QED) is 0.526. The van der Waals surface area contributed by atoms with Crippen molar-refractivity contribution in [3.8, 4) is 0 Å². The summed E-state index contributed by atoms with van der Waals surface area (Å²) in [6.45, 7) is 2.71. The molecule has 1 heterocycles. The molecule has 2 atom stereocenters. The maximum absolute atomic E-state index is 10.9. The molecule has 1 rings (SSSR count). The maximum Gasteiger partial charge on any atom is 0.213 e. The molecule has 1 saturated heterocycles. The number of sulfonamides is 1. The summed E-state index contributed by atoms with van der Waals surface area (Å²) < 4.78 is 21.9. The number of hydrogen-bond acceptors (Lipinski definition) is 4. The standard InChI is InChI=1S/C6H14N2O2S.CH3NO/c1-5-6(11(7,9)10)3-4-8(5)2;2-1-3/h5-6H,3-4H2,1-2H3,(H2,7,9,10);1H,(H2,2,3). The van der Waals surface area contributed by atoms with Crippen LogP contribution in [0.5, 0.6) is 0 Å². The Balaban J connectivity index is 0.000000500. The first-order valence-corrected chi connectivity index (χ1v) is 5.82. The fourth-order valence-corrected chi connectivity index (χ4v) is 2.69. The third kappa shape index (κ3) is 3.60. The van der Waals surface area contributed by atoms with Crippen molar-refractivity contribution in [2.24, 2.45) is 10.9 Å². The SMILES string of the molecule is CC1C(S(N)(=O)=O)CCN1C.NC=O. The molecule has 0 aromatic heterocycles. The molecule has 0 saturated carbocycles. The first kappa shape index (κ1) is 13.3. The van der Waals surface area contributed by atoms with Gasteiger partial charge in [0.1, 0.15) is 0 Å². The van der Waals surface area contributed by atoms with Crippen LogP contribution in [0.25, 0.3) is 0 Å². The van der Waals surface area contributed by atoms with E-state index in [2.05, 4.69) is 5.73 Å². The highest BCUT2D eigenvalue weighted by atomic mass is 32.2. The summed E-state index contributed by atoms with van der Waals surface area (Å²) in [5.74, 6) is 0. The van der Waals surface area contributed by atoms with Crippen LogP contribution in [0.2, 0.25) is 0 Å². The third-order valence-corrected chi connectivity index (χ3v) is 3.90. The summed E-state index contributed by atoms with van der Waals surface area (Å²) in [7, 11) is -1.41. The molecule has 7 heteroatoms. The second kappa shape index (κ2) is 5.28. The van der Waals surface area contributed by atoms with E-state index in [0.29, 0.717) is 6.42 Å². The Morgan fingerprint density at radius 1 is 1.50 bits per heavy atom. The van der Waals surface area contributed by atoms with Crippen molar-refractivity contribution in [2.45, 2.75) is 24.6 Å². The van der Waals surface area contributed by atoms with Crippen LogP contribution in [0.4, 0.5) is 0 Å². The molecule has 4 N–H and O–H groups in total. The van der Waals surface area contributed by atoms with Crippen molar-refractivity contribution < 1.29 is 13.2 Å². The number of hydrogen-bond donors (Lipinski definition) is 2. The van der Waals surface area contributed by atoms with Gasteiger partial charge in [-0.3, -0.25) is 4.79 Å². The molecule has 1 aliphatic heterocycles. The second-order valence-corrected chi connectivity index (χ2v) is 5.06. The van der Waals surface area contributed by atoms with Gasteiger partial charge in [0, 0.05) is 6.04 Å². The molecule has 1 aliphatic rings. The third-order valence-electron chi connectivity index (χ3n) is 2.42. The predicted octanol–water partition coefficient (Wildman–Crippen LogP) is -1.53. The average Bonchev–Trinajstić information content (AvgIpc) is 2.33. The molecule has 0 bridgehead atoms. The summed E-state index contributed by atoms with van der Waals surface area (Å²) in [5, 5.41) is 4.67. The lowest BCUT2D eigenvalue weighted by molar-refractivity contribution is -0.106. The van der Waals surface area contributed by atoms with Gasteiger partial charge in [-0.1, -0.05) is 0 Å². The van der Waals surface area contributed by atoms with Gasteiger partial charge >= 0.3 is 0 Å². The summed E-state index contributed by atoms with van der Waals surface area (Å²) in [6.07, 6.45) is 0.913. The largest absolute Gasteiger partial charge is 0.372 e. The Kier molecular flexibility index (Phi) is 5.03. The minimum absolute atomic E-state index is 0.0602. The fraction of sp³-hybridized carbons (Fsp3) is 0.857. The van der Waals surface area contributed by atoms with Crippen LogP contribution in [0.15, 0.2) is 0 Å². The number of primary sulfonamides is 1. The van der Waals surface area contributed by atoms with Crippen LogP contribution in [0.3, 0.4) is 0 Å². The Bertz CT molecular complexity index is 278. The number of likely N-dealkylation sites (tertiary alicyclic amines) is 1. The molecular formula is C7H17N3O3S. The lowest BCUT2D eigenvalue weighted by atomic mass is 10.2. The van der Waals surface area contributed by atoms with Crippen LogP contribution >= 0.6 is 0 Å². The summed E-state index contributed by atoms with van der Waals surface area (Å²) in [5.41, 5.74) is 4.17. The zero-order chi connectivity index (χ0) is 11.4. The lowest BCUT2D eigenvalue weighted by Gasteiger charge is -2.18. The van der Waals surface area contributed by atoms with Gasteiger partial charge < -0.3 is 10.6 Å². The van der Waals surface area contributed by atoms with E-state index in [9.17, 15) is 8.42 Å². The molecule has 0 aromatic carbocycles. The molecular weight excluding hydrogens is 206 g/mol. The first-order chi connectivity index (χ1) is 6.34. The van der Waals surface area contributed by atoms with Gasteiger partial charge in [0.25, 0.3) is 0 Å². The van der Waals surface area contributed by atoms with E-state index in [4.69, 9.17) is 9.93 Å². The number of carbonyl (C=O) groups excluding carboxylic acids is 1. The normalized spacial score (nSPS) is 27.9. The van der Waals surface area contributed by atoms with Crippen molar-refractivity contribution in [3.05, 3.63) is 0 Å². The van der Waals surface area contributed by atoms with Crippen LogP contribution < -0.4 is 10.9 Å². The Labute approximate surface area is 84.3 Å².